The Hall–Kier alpha value is -2.99. The van der Waals surface area contributed by atoms with Gasteiger partial charge >= 0.3 is 5.97 Å². The number of aromatic nitrogens is 1. The van der Waals surface area contributed by atoms with Crippen LogP contribution in [0.5, 0.6) is 0 Å². The minimum Gasteiger partial charge on any atom is -0.461 e. The fourth-order valence-corrected chi connectivity index (χ4v) is 7.23. The molecule has 5 nitrogen and oxygen atoms in total. The Morgan fingerprint density at radius 3 is 2.70 bits per heavy atom. The van der Waals surface area contributed by atoms with Gasteiger partial charge in [0.05, 0.1) is 11.3 Å². The van der Waals surface area contributed by atoms with Crippen LogP contribution in [0.2, 0.25) is 0 Å². The van der Waals surface area contributed by atoms with Crippen LogP contribution in [0.4, 0.5) is 0 Å². The number of carbonyl (C=O) groups excluding carboxylic acids is 2. The highest BCUT2D eigenvalue weighted by atomic mass is 32.2. The van der Waals surface area contributed by atoms with E-state index in [1.807, 2.05) is 29.2 Å². The monoisotopic (exact) mass is 558 g/mol. The van der Waals surface area contributed by atoms with Crippen molar-refractivity contribution in [3.05, 3.63) is 71.4 Å². The molecule has 2 aromatic carbocycles. The molecular weight excluding hydrogens is 516 g/mol. The molecule has 0 spiro atoms. The van der Waals surface area contributed by atoms with Crippen molar-refractivity contribution in [2.75, 3.05) is 18.8 Å². The van der Waals surface area contributed by atoms with Crippen molar-refractivity contribution in [3.8, 4) is 0 Å². The quantitative estimate of drug-likeness (QED) is 0.227. The molecule has 2 aliphatic rings. The lowest BCUT2D eigenvalue weighted by Crippen LogP contribution is -2.36. The van der Waals surface area contributed by atoms with Gasteiger partial charge in [0.1, 0.15) is 6.10 Å². The van der Waals surface area contributed by atoms with Crippen LogP contribution in [0.25, 0.3) is 16.5 Å². The third kappa shape index (κ3) is 6.17. The molecule has 3 unspecified atom stereocenters. The van der Waals surface area contributed by atoms with Crippen molar-refractivity contribution in [3.63, 3.8) is 0 Å². The zero-order chi connectivity index (χ0) is 28.2. The summed E-state index contributed by atoms with van der Waals surface area (Å²) in [5, 5.41) is 1.25. The van der Waals surface area contributed by atoms with E-state index >= 15 is 0 Å². The van der Waals surface area contributed by atoms with Gasteiger partial charge in [-0.1, -0.05) is 70.5 Å². The smallest absolute Gasteiger partial charge is 0.316 e. The van der Waals surface area contributed by atoms with Gasteiger partial charge in [-0.2, -0.15) is 0 Å². The number of benzene rings is 2. The molecule has 3 aromatic rings. The number of carbonyl (C=O) groups is 2. The Bertz CT molecular complexity index is 1390. The lowest BCUT2D eigenvalue weighted by Gasteiger charge is -2.36. The van der Waals surface area contributed by atoms with Crippen molar-refractivity contribution in [2.45, 2.75) is 70.8 Å². The van der Waals surface area contributed by atoms with E-state index in [4.69, 9.17) is 4.74 Å². The maximum atomic E-state index is 13.6. The zero-order valence-corrected chi connectivity index (χ0v) is 25.1. The molecule has 6 heteroatoms. The second-order valence-corrected chi connectivity index (χ2v) is 12.8. The number of ether oxygens (including phenoxy) is 1. The van der Waals surface area contributed by atoms with Crippen LogP contribution in [0.3, 0.4) is 0 Å². The van der Waals surface area contributed by atoms with Gasteiger partial charge in [0.25, 0.3) is 5.91 Å². The molecule has 40 heavy (non-hydrogen) atoms. The number of nitrogens with zero attached hydrogens (tertiary/aromatic N) is 1. The summed E-state index contributed by atoms with van der Waals surface area (Å²) in [6, 6.07) is 14.1. The van der Waals surface area contributed by atoms with Crippen LogP contribution < -0.4 is 0 Å². The number of thioether (sulfide) groups is 1. The van der Waals surface area contributed by atoms with Crippen LogP contribution in [0.1, 0.15) is 74.9 Å². The minimum absolute atomic E-state index is 0.00577. The van der Waals surface area contributed by atoms with Crippen LogP contribution >= 0.6 is 11.8 Å². The van der Waals surface area contributed by atoms with Gasteiger partial charge in [0.2, 0.25) is 0 Å². The van der Waals surface area contributed by atoms with Gasteiger partial charge in [-0.05, 0) is 66.7 Å². The lowest BCUT2D eigenvalue weighted by molar-refractivity contribution is -0.152. The Morgan fingerprint density at radius 2 is 1.95 bits per heavy atom. The summed E-state index contributed by atoms with van der Waals surface area (Å²) in [5.74, 6) is 1.55. The SMILES string of the molecule is CCc1cccc2c(C3=CCN(C(=O)c4ccccc4SCC(=O)OC4CC(C)CCC4C(C)C)CC3)c[nH]c12. The first-order chi connectivity index (χ1) is 19.4. The van der Waals surface area contributed by atoms with Crippen molar-refractivity contribution in [2.24, 2.45) is 17.8 Å². The third-order valence-corrected chi connectivity index (χ3v) is 9.78. The fraction of sp³-hybridized carbons (Fsp3) is 0.471. The van der Waals surface area contributed by atoms with Crippen molar-refractivity contribution in [1.82, 2.24) is 9.88 Å². The van der Waals surface area contributed by atoms with Crippen LogP contribution in [-0.4, -0.2) is 46.7 Å². The normalized spacial score (nSPS) is 21.5. The molecule has 212 valence electrons. The number of hydrogen-bond donors (Lipinski definition) is 1. The molecule has 1 amide bonds. The molecule has 2 heterocycles. The van der Waals surface area contributed by atoms with E-state index < -0.39 is 0 Å². The second kappa shape index (κ2) is 12.7. The van der Waals surface area contributed by atoms with Crippen molar-refractivity contribution in [1.29, 1.82) is 0 Å². The first kappa shape index (κ1) is 28.5. The molecule has 1 N–H and O–H groups in total. The van der Waals surface area contributed by atoms with Crippen LogP contribution in [0.15, 0.2) is 59.6 Å². The van der Waals surface area contributed by atoms with E-state index in [9.17, 15) is 9.59 Å². The standard InChI is InChI=1S/C34H42N2O3S/c1-5-24-9-8-11-27-29(20-35-33(24)27)25-15-17-36(18-16-25)34(38)28-10-6-7-12-31(28)40-21-32(37)39-30-19-23(4)13-14-26(30)22(2)3/h6-12,15,20,22-23,26,30,35H,5,13-14,16-19,21H2,1-4H3. The number of esters is 1. The Balaban J connectivity index is 1.22. The number of amides is 1. The molecule has 0 radical (unpaired) electrons. The largest absolute Gasteiger partial charge is 0.461 e. The Kier molecular flexibility index (Phi) is 9.04. The molecule has 1 aliphatic heterocycles. The summed E-state index contributed by atoms with van der Waals surface area (Å²) in [5.41, 5.74) is 5.71. The molecular formula is C34H42N2O3S. The van der Waals surface area contributed by atoms with Gasteiger partial charge in [0.15, 0.2) is 0 Å². The number of H-pyrrole nitrogens is 1. The molecule has 5 rings (SSSR count). The highest BCUT2D eigenvalue weighted by Gasteiger charge is 2.33. The number of hydrogen-bond acceptors (Lipinski definition) is 4. The highest BCUT2D eigenvalue weighted by molar-refractivity contribution is 8.00. The first-order valence-corrected chi connectivity index (χ1v) is 15.8. The first-order valence-electron chi connectivity index (χ1n) is 14.8. The number of aromatic amines is 1. The van der Waals surface area contributed by atoms with Crippen molar-refractivity contribution >= 4 is 40.1 Å². The number of para-hydroxylation sites is 1. The topological polar surface area (TPSA) is 62.4 Å². The fourth-order valence-electron chi connectivity index (χ4n) is 6.40. The maximum Gasteiger partial charge on any atom is 0.316 e. The Labute approximate surface area is 242 Å². The van der Waals surface area contributed by atoms with E-state index in [2.05, 4.69) is 63.2 Å². The average molecular weight is 559 g/mol. The molecule has 1 aromatic heterocycles. The highest BCUT2D eigenvalue weighted by Crippen LogP contribution is 2.36. The maximum absolute atomic E-state index is 13.6. The van der Waals surface area contributed by atoms with Gasteiger partial charge in [0, 0.05) is 40.6 Å². The van der Waals surface area contributed by atoms with Gasteiger partial charge in [-0.15, -0.1) is 11.8 Å². The van der Waals surface area contributed by atoms with Crippen LogP contribution in [-0.2, 0) is 16.0 Å². The predicted octanol–water partition coefficient (Wildman–Crippen LogP) is 7.76. The van der Waals surface area contributed by atoms with E-state index in [0.717, 1.165) is 30.6 Å². The summed E-state index contributed by atoms with van der Waals surface area (Å²) in [7, 11) is 0. The van der Waals surface area contributed by atoms with Gasteiger partial charge < -0.3 is 14.6 Å². The lowest BCUT2D eigenvalue weighted by atomic mass is 9.75. The predicted molar refractivity (Wildman–Crippen MR) is 165 cm³/mol. The molecule has 0 bridgehead atoms. The van der Waals surface area contributed by atoms with E-state index in [0.29, 0.717) is 36.4 Å². The molecule has 3 atom stereocenters. The van der Waals surface area contributed by atoms with Gasteiger partial charge in [-0.25, -0.2) is 0 Å². The molecule has 1 aliphatic carbocycles. The number of nitrogens with one attached hydrogen (secondary N) is 1. The number of fused-ring (bicyclic) bond motifs is 1. The molecule has 1 fully saturated rings. The molecule has 0 saturated heterocycles. The minimum atomic E-state index is -0.187. The number of aryl methyl sites for hydroxylation is 1. The van der Waals surface area contributed by atoms with E-state index in [1.54, 1.807) is 0 Å². The Morgan fingerprint density at radius 1 is 1.12 bits per heavy atom. The van der Waals surface area contributed by atoms with E-state index in [1.165, 1.54) is 45.8 Å². The number of rotatable bonds is 8. The second-order valence-electron chi connectivity index (χ2n) is 11.8. The van der Waals surface area contributed by atoms with Crippen LogP contribution in [0, 0.1) is 17.8 Å². The summed E-state index contributed by atoms with van der Waals surface area (Å²) >= 11 is 1.41. The molecule has 1 saturated carbocycles. The zero-order valence-electron chi connectivity index (χ0n) is 24.2. The summed E-state index contributed by atoms with van der Waals surface area (Å²) in [4.78, 5) is 32.7. The van der Waals surface area contributed by atoms with Crippen molar-refractivity contribution < 1.29 is 14.3 Å². The van der Waals surface area contributed by atoms with Gasteiger partial charge in [-0.3, -0.25) is 9.59 Å². The summed E-state index contributed by atoms with van der Waals surface area (Å²) in [6.45, 7) is 10.1. The summed E-state index contributed by atoms with van der Waals surface area (Å²) in [6.07, 6.45) is 9.36. The van der Waals surface area contributed by atoms with E-state index in [-0.39, 0.29) is 23.7 Å². The summed E-state index contributed by atoms with van der Waals surface area (Å²) < 4.78 is 6.00. The average Bonchev–Trinajstić information content (AvgIpc) is 3.40. The third-order valence-electron chi connectivity index (χ3n) is 8.73.